The van der Waals surface area contributed by atoms with Crippen molar-refractivity contribution in [3.63, 3.8) is 0 Å². The molecule has 0 aliphatic carbocycles. The summed E-state index contributed by atoms with van der Waals surface area (Å²) in [7, 11) is 5.88. The maximum atomic E-state index is 12.4. The highest BCUT2D eigenvalue weighted by Gasteiger charge is 2.28. The van der Waals surface area contributed by atoms with E-state index in [1.54, 1.807) is 20.3 Å². The zero-order valence-electron chi connectivity index (χ0n) is 14.9. The zero-order valence-corrected chi connectivity index (χ0v) is 14.9. The third-order valence-corrected chi connectivity index (χ3v) is 4.49. The molecule has 0 bridgehead atoms. The van der Waals surface area contributed by atoms with Crippen LogP contribution in [0.15, 0.2) is 32.9 Å². The number of nitrogens with zero attached hydrogens (tertiary/aromatic N) is 3. The summed E-state index contributed by atoms with van der Waals surface area (Å²) in [5.41, 5.74) is 3.08. The highest BCUT2D eigenvalue weighted by atomic mass is 16.5. The molecule has 0 radical (unpaired) electrons. The van der Waals surface area contributed by atoms with E-state index in [4.69, 9.17) is 9.47 Å². The van der Waals surface area contributed by atoms with Gasteiger partial charge in [0.15, 0.2) is 11.5 Å². The molecular weight excluding hydrogens is 340 g/mol. The number of nitrogens with one attached hydrogen (secondary N) is 1. The summed E-state index contributed by atoms with van der Waals surface area (Å²) >= 11 is 0. The van der Waals surface area contributed by atoms with Crippen LogP contribution in [0.3, 0.4) is 0 Å². The highest BCUT2D eigenvalue weighted by Crippen LogP contribution is 2.33. The van der Waals surface area contributed by atoms with Crippen molar-refractivity contribution in [1.82, 2.24) is 14.6 Å². The average molecular weight is 360 g/mol. The third-order valence-electron chi connectivity index (χ3n) is 4.49. The second-order valence-electron chi connectivity index (χ2n) is 5.96. The van der Waals surface area contributed by atoms with E-state index in [0.717, 1.165) is 14.7 Å². The Morgan fingerprint density at radius 1 is 1.15 bits per heavy atom. The summed E-state index contributed by atoms with van der Waals surface area (Å²) < 4.78 is 12.5. The monoisotopic (exact) mass is 360 g/mol. The van der Waals surface area contributed by atoms with Crippen molar-refractivity contribution in [3.8, 4) is 17.4 Å². The van der Waals surface area contributed by atoms with Crippen LogP contribution in [0.5, 0.6) is 17.4 Å². The van der Waals surface area contributed by atoms with E-state index >= 15 is 0 Å². The minimum Gasteiger partial charge on any atom is -0.494 e. The molecule has 26 heavy (non-hydrogen) atoms. The van der Waals surface area contributed by atoms with Gasteiger partial charge in [-0.25, -0.2) is 4.79 Å². The third kappa shape index (κ3) is 2.71. The number of hydrogen-bond donors (Lipinski definition) is 2. The van der Waals surface area contributed by atoms with E-state index in [2.05, 4.69) is 10.5 Å². The quantitative estimate of drug-likeness (QED) is 0.809. The molecule has 2 aromatic rings. The van der Waals surface area contributed by atoms with Crippen molar-refractivity contribution in [3.05, 3.63) is 50.2 Å². The van der Waals surface area contributed by atoms with Crippen LogP contribution in [0.1, 0.15) is 23.6 Å². The molecule has 2 N–H and O–H groups in total. The fourth-order valence-corrected chi connectivity index (χ4v) is 2.95. The summed E-state index contributed by atoms with van der Waals surface area (Å²) in [6.07, 6.45) is 0.372. The lowest BCUT2D eigenvalue weighted by atomic mass is 9.99. The molecule has 138 valence electrons. The van der Waals surface area contributed by atoms with E-state index in [0.29, 0.717) is 23.6 Å². The molecule has 9 nitrogen and oxygen atoms in total. The smallest absolute Gasteiger partial charge is 0.333 e. The Labute approximate surface area is 149 Å². The van der Waals surface area contributed by atoms with Crippen LogP contribution in [-0.4, -0.2) is 34.2 Å². The predicted octanol–water partition coefficient (Wildman–Crippen LogP) is 0.246. The van der Waals surface area contributed by atoms with Crippen LogP contribution in [0.2, 0.25) is 0 Å². The minimum absolute atomic E-state index is 0.0186. The molecule has 0 spiro atoms. The number of hydrogen-bond acceptors (Lipinski definition) is 7. The molecular formula is C17H20N4O5. The number of aromatic nitrogens is 2. The first kappa shape index (κ1) is 17.6. The molecule has 1 unspecified atom stereocenters. The van der Waals surface area contributed by atoms with Gasteiger partial charge in [-0.3, -0.25) is 13.9 Å². The highest BCUT2D eigenvalue weighted by molar-refractivity contribution is 6.03. The summed E-state index contributed by atoms with van der Waals surface area (Å²) in [4.78, 5) is 24.3. The van der Waals surface area contributed by atoms with Gasteiger partial charge >= 0.3 is 5.69 Å². The Bertz CT molecular complexity index is 1010. The Kier molecular flexibility index (Phi) is 4.45. The lowest BCUT2D eigenvalue weighted by Gasteiger charge is -2.14. The molecule has 0 saturated carbocycles. The van der Waals surface area contributed by atoms with Crippen LogP contribution in [0, 0.1) is 0 Å². The summed E-state index contributed by atoms with van der Waals surface area (Å²) in [6, 6.07) is 5.28. The average Bonchev–Trinajstić information content (AvgIpc) is 3.14. The molecule has 1 aromatic carbocycles. The van der Waals surface area contributed by atoms with Crippen LogP contribution < -0.4 is 26.1 Å². The fourth-order valence-electron chi connectivity index (χ4n) is 2.95. The van der Waals surface area contributed by atoms with Crippen molar-refractivity contribution in [2.45, 2.75) is 12.5 Å². The van der Waals surface area contributed by atoms with Gasteiger partial charge in [0.05, 0.1) is 26.0 Å². The summed E-state index contributed by atoms with van der Waals surface area (Å²) in [5.74, 6) is 0.799. The van der Waals surface area contributed by atoms with Gasteiger partial charge in [-0.15, -0.1) is 0 Å². The Morgan fingerprint density at radius 3 is 2.50 bits per heavy atom. The van der Waals surface area contributed by atoms with Crippen molar-refractivity contribution in [2.75, 3.05) is 14.2 Å². The van der Waals surface area contributed by atoms with Crippen molar-refractivity contribution >= 4 is 5.71 Å². The first-order valence-corrected chi connectivity index (χ1v) is 7.92. The van der Waals surface area contributed by atoms with Crippen molar-refractivity contribution in [2.24, 2.45) is 19.2 Å². The number of aromatic hydroxyl groups is 1. The molecule has 0 saturated heterocycles. The SMILES string of the molecule is COc1ccc(C2CC(c3c(O)n(C)c(=O)n(C)c3=O)=NN2)cc1OC. The van der Waals surface area contributed by atoms with Crippen LogP contribution >= 0.6 is 0 Å². The predicted molar refractivity (Wildman–Crippen MR) is 95.2 cm³/mol. The lowest BCUT2D eigenvalue weighted by Crippen LogP contribution is -2.39. The van der Waals surface area contributed by atoms with Gasteiger partial charge in [0.1, 0.15) is 5.56 Å². The van der Waals surface area contributed by atoms with E-state index in [-0.39, 0.29) is 11.6 Å². The Hall–Kier alpha value is -3.23. The summed E-state index contributed by atoms with van der Waals surface area (Å²) in [5, 5.41) is 14.5. The van der Waals surface area contributed by atoms with E-state index in [1.165, 1.54) is 14.1 Å². The maximum Gasteiger partial charge on any atom is 0.333 e. The second-order valence-corrected chi connectivity index (χ2v) is 5.96. The standard InChI is InChI=1S/C17H20N4O5/c1-20-15(22)14(16(23)21(2)17(20)24)11-8-10(18-19-11)9-5-6-12(25-3)13(7-9)26-4/h5-7,10,18,22H,8H2,1-4H3. The molecule has 1 atom stereocenters. The number of benzene rings is 1. The van der Waals surface area contributed by atoms with Crippen molar-refractivity contribution < 1.29 is 14.6 Å². The molecule has 1 aliphatic rings. The first-order valence-electron chi connectivity index (χ1n) is 7.92. The topological polar surface area (TPSA) is 107 Å². The lowest BCUT2D eigenvalue weighted by molar-refractivity contribution is 0.354. The number of ether oxygens (including phenoxy) is 2. The summed E-state index contributed by atoms with van der Waals surface area (Å²) in [6.45, 7) is 0. The fraction of sp³-hybridized carbons (Fsp3) is 0.353. The number of hydrazone groups is 1. The molecule has 2 heterocycles. The number of methoxy groups -OCH3 is 2. The molecule has 1 aliphatic heterocycles. The molecule has 1 aromatic heterocycles. The van der Waals surface area contributed by atoms with Gasteiger partial charge in [0, 0.05) is 20.5 Å². The van der Waals surface area contributed by atoms with Crippen LogP contribution in [0.4, 0.5) is 0 Å². The minimum atomic E-state index is -0.598. The van der Waals surface area contributed by atoms with E-state index in [9.17, 15) is 14.7 Å². The molecule has 3 rings (SSSR count). The first-order chi connectivity index (χ1) is 12.4. The van der Waals surface area contributed by atoms with Crippen LogP contribution in [0.25, 0.3) is 0 Å². The Balaban J connectivity index is 1.95. The number of rotatable bonds is 4. The van der Waals surface area contributed by atoms with E-state index < -0.39 is 17.1 Å². The Morgan fingerprint density at radius 2 is 1.85 bits per heavy atom. The van der Waals surface area contributed by atoms with Crippen molar-refractivity contribution in [1.29, 1.82) is 0 Å². The molecule has 0 fully saturated rings. The zero-order chi connectivity index (χ0) is 19.0. The molecule has 0 amide bonds. The van der Waals surface area contributed by atoms with Gasteiger partial charge in [-0.1, -0.05) is 6.07 Å². The van der Waals surface area contributed by atoms with Gasteiger partial charge in [0.2, 0.25) is 5.88 Å². The van der Waals surface area contributed by atoms with Gasteiger partial charge in [-0.2, -0.15) is 5.10 Å². The van der Waals surface area contributed by atoms with Gasteiger partial charge in [0.25, 0.3) is 5.56 Å². The largest absolute Gasteiger partial charge is 0.494 e. The molecule has 9 heteroatoms. The second kappa shape index (κ2) is 6.58. The van der Waals surface area contributed by atoms with Gasteiger partial charge < -0.3 is 20.0 Å². The van der Waals surface area contributed by atoms with Gasteiger partial charge in [-0.05, 0) is 17.7 Å². The maximum absolute atomic E-state index is 12.4. The van der Waals surface area contributed by atoms with Crippen LogP contribution in [-0.2, 0) is 14.1 Å². The van der Waals surface area contributed by atoms with E-state index in [1.807, 2.05) is 12.1 Å². The normalized spacial score (nSPS) is 16.2.